The minimum absolute atomic E-state index is 0.171. The van der Waals surface area contributed by atoms with Crippen molar-refractivity contribution in [2.24, 2.45) is 0 Å². The predicted octanol–water partition coefficient (Wildman–Crippen LogP) is 2.88. The smallest absolute Gasteiger partial charge is 0.341 e. The molecule has 0 aliphatic rings. The fraction of sp³-hybridized carbons (Fsp3) is 0.167. The Labute approximate surface area is 109 Å². The minimum atomic E-state index is -0.996. The van der Waals surface area contributed by atoms with Crippen LogP contribution in [-0.4, -0.2) is 27.5 Å². The Morgan fingerprint density at radius 1 is 1.50 bits per heavy atom. The number of carbonyl (C=O) groups is 1. The van der Waals surface area contributed by atoms with E-state index in [9.17, 15) is 4.79 Å². The molecule has 6 heteroatoms. The highest BCUT2D eigenvalue weighted by molar-refractivity contribution is 7.98. The lowest BCUT2D eigenvalue weighted by Gasteiger charge is -2.05. The van der Waals surface area contributed by atoms with Crippen LogP contribution in [0.1, 0.15) is 16.1 Å². The molecule has 0 aliphatic heterocycles. The first-order valence-corrected chi connectivity index (χ1v) is 6.53. The number of aromatic carboxylic acids is 1. The standard InChI is InChI=1S/C12H13N3O2S/c1-7-10(12(16)17)11(15-14-7)13-8-4-3-5-9(6-8)18-2/h3-6H,1-2H3,(H,16,17)(H2,13,14,15). The number of aromatic amines is 1. The first-order chi connectivity index (χ1) is 8.61. The lowest BCUT2D eigenvalue weighted by molar-refractivity contribution is 0.0697. The normalized spacial score (nSPS) is 10.3. The van der Waals surface area contributed by atoms with Gasteiger partial charge in [0, 0.05) is 16.3 Å². The predicted molar refractivity (Wildman–Crippen MR) is 71.8 cm³/mol. The molecule has 5 nitrogen and oxygen atoms in total. The van der Waals surface area contributed by atoms with Gasteiger partial charge in [-0.15, -0.1) is 11.8 Å². The van der Waals surface area contributed by atoms with Crippen molar-refractivity contribution < 1.29 is 9.90 Å². The van der Waals surface area contributed by atoms with Crippen molar-refractivity contribution >= 4 is 29.2 Å². The molecule has 0 atom stereocenters. The first kappa shape index (κ1) is 12.5. The number of rotatable bonds is 4. The molecule has 0 saturated carbocycles. The maximum Gasteiger partial charge on any atom is 0.341 e. The third kappa shape index (κ3) is 2.48. The summed E-state index contributed by atoms with van der Waals surface area (Å²) >= 11 is 1.62. The summed E-state index contributed by atoms with van der Waals surface area (Å²) in [7, 11) is 0. The van der Waals surface area contributed by atoms with Crippen LogP contribution in [0.15, 0.2) is 29.2 Å². The summed E-state index contributed by atoms with van der Waals surface area (Å²) in [5.41, 5.74) is 1.52. The van der Waals surface area contributed by atoms with E-state index in [2.05, 4.69) is 15.5 Å². The third-order valence-electron chi connectivity index (χ3n) is 2.49. The van der Waals surface area contributed by atoms with Crippen molar-refractivity contribution in [2.45, 2.75) is 11.8 Å². The third-order valence-corrected chi connectivity index (χ3v) is 3.22. The molecular weight excluding hydrogens is 250 g/mol. The van der Waals surface area contributed by atoms with Gasteiger partial charge >= 0.3 is 5.97 Å². The van der Waals surface area contributed by atoms with E-state index in [1.165, 1.54) is 0 Å². The molecule has 0 spiro atoms. The average Bonchev–Trinajstić information content (AvgIpc) is 2.70. The zero-order chi connectivity index (χ0) is 13.1. The van der Waals surface area contributed by atoms with E-state index in [1.807, 2.05) is 30.5 Å². The van der Waals surface area contributed by atoms with Gasteiger partial charge in [0.15, 0.2) is 5.82 Å². The number of anilines is 2. The number of carboxylic acid groups (broad SMARTS) is 1. The van der Waals surface area contributed by atoms with Gasteiger partial charge in [0.05, 0.1) is 0 Å². The summed E-state index contributed by atoms with van der Waals surface area (Å²) in [6.07, 6.45) is 1.99. The number of aromatic nitrogens is 2. The number of hydrogen-bond acceptors (Lipinski definition) is 4. The Morgan fingerprint density at radius 3 is 2.94 bits per heavy atom. The Hall–Kier alpha value is -1.95. The number of benzene rings is 1. The van der Waals surface area contributed by atoms with Gasteiger partial charge in [-0.25, -0.2) is 4.79 Å². The van der Waals surface area contributed by atoms with Gasteiger partial charge in [-0.1, -0.05) is 6.07 Å². The van der Waals surface area contributed by atoms with E-state index in [1.54, 1.807) is 18.7 Å². The van der Waals surface area contributed by atoms with E-state index in [0.717, 1.165) is 10.6 Å². The van der Waals surface area contributed by atoms with E-state index in [0.29, 0.717) is 11.5 Å². The largest absolute Gasteiger partial charge is 0.477 e. The molecule has 1 aromatic heterocycles. The number of thioether (sulfide) groups is 1. The topological polar surface area (TPSA) is 78.0 Å². The van der Waals surface area contributed by atoms with E-state index >= 15 is 0 Å². The molecule has 94 valence electrons. The van der Waals surface area contributed by atoms with Gasteiger partial charge in [-0.05, 0) is 31.4 Å². The van der Waals surface area contributed by atoms with Crippen molar-refractivity contribution in [3.63, 3.8) is 0 Å². The van der Waals surface area contributed by atoms with Crippen LogP contribution in [0.4, 0.5) is 11.5 Å². The van der Waals surface area contributed by atoms with Crippen LogP contribution in [-0.2, 0) is 0 Å². The molecule has 3 N–H and O–H groups in total. The first-order valence-electron chi connectivity index (χ1n) is 5.31. The number of hydrogen-bond donors (Lipinski definition) is 3. The van der Waals surface area contributed by atoms with Crippen molar-refractivity contribution in [1.29, 1.82) is 0 Å². The summed E-state index contributed by atoms with van der Waals surface area (Å²) in [5, 5.41) is 18.8. The zero-order valence-electron chi connectivity index (χ0n) is 10.0. The molecular formula is C12H13N3O2S. The lowest BCUT2D eigenvalue weighted by Crippen LogP contribution is -2.02. The fourth-order valence-corrected chi connectivity index (χ4v) is 2.08. The summed E-state index contributed by atoms with van der Waals surface area (Å²) in [6.45, 7) is 1.68. The number of carboxylic acids is 1. The molecule has 0 unspecified atom stereocenters. The molecule has 0 bridgehead atoms. The van der Waals surface area contributed by atoms with Crippen molar-refractivity contribution in [3.8, 4) is 0 Å². The molecule has 0 fully saturated rings. The molecule has 0 radical (unpaired) electrons. The van der Waals surface area contributed by atoms with Crippen LogP contribution < -0.4 is 5.32 Å². The Morgan fingerprint density at radius 2 is 2.28 bits per heavy atom. The summed E-state index contributed by atoms with van der Waals surface area (Å²) in [6, 6.07) is 7.72. The van der Waals surface area contributed by atoms with E-state index < -0.39 is 5.97 Å². The molecule has 2 rings (SSSR count). The maximum absolute atomic E-state index is 11.1. The highest BCUT2D eigenvalue weighted by Crippen LogP contribution is 2.24. The van der Waals surface area contributed by atoms with E-state index in [-0.39, 0.29) is 5.56 Å². The van der Waals surface area contributed by atoms with Crippen LogP contribution >= 0.6 is 11.8 Å². The van der Waals surface area contributed by atoms with Gasteiger partial charge in [-0.2, -0.15) is 5.10 Å². The van der Waals surface area contributed by atoms with Crippen LogP contribution in [0.3, 0.4) is 0 Å². The molecule has 1 heterocycles. The van der Waals surface area contributed by atoms with Crippen LogP contribution in [0.2, 0.25) is 0 Å². The van der Waals surface area contributed by atoms with Gasteiger partial charge in [0.1, 0.15) is 5.56 Å². The molecule has 1 aromatic carbocycles. The molecule has 0 aliphatic carbocycles. The molecule has 0 amide bonds. The van der Waals surface area contributed by atoms with Crippen LogP contribution in [0.25, 0.3) is 0 Å². The minimum Gasteiger partial charge on any atom is -0.477 e. The molecule has 2 aromatic rings. The Bertz CT molecular complexity index is 580. The maximum atomic E-state index is 11.1. The Kier molecular flexibility index (Phi) is 3.57. The highest BCUT2D eigenvalue weighted by Gasteiger charge is 2.17. The van der Waals surface area contributed by atoms with Crippen molar-refractivity contribution in [1.82, 2.24) is 10.2 Å². The van der Waals surface area contributed by atoms with Crippen LogP contribution in [0, 0.1) is 6.92 Å². The van der Waals surface area contributed by atoms with Gasteiger partial charge in [0.25, 0.3) is 0 Å². The Balaban J connectivity index is 2.31. The number of aryl methyl sites for hydroxylation is 1. The monoisotopic (exact) mass is 263 g/mol. The SMILES string of the molecule is CSc1cccc(Nc2n[nH]c(C)c2C(=O)O)c1. The summed E-state index contributed by atoms with van der Waals surface area (Å²) < 4.78 is 0. The average molecular weight is 263 g/mol. The molecule has 18 heavy (non-hydrogen) atoms. The number of nitrogens with one attached hydrogen (secondary N) is 2. The van der Waals surface area contributed by atoms with Crippen molar-refractivity contribution in [3.05, 3.63) is 35.5 Å². The fourth-order valence-electron chi connectivity index (χ4n) is 1.62. The zero-order valence-corrected chi connectivity index (χ0v) is 10.8. The second-order valence-corrected chi connectivity index (χ2v) is 4.61. The second kappa shape index (κ2) is 5.14. The van der Waals surface area contributed by atoms with Gasteiger partial charge < -0.3 is 10.4 Å². The number of H-pyrrole nitrogens is 1. The van der Waals surface area contributed by atoms with E-state index in [4.69, 9.17) is 5.11 Å². The van der Waals surface area contributed by atoms with Crippen LogP contribution in [0.5, 0.6) is 0 Å². The summed E-state index contributed by atoms with van der Waals surface area (Å²) in [4.78, 5) is 12.2. The quantitative estimate of drug-likeness (QED) is 0.739. The molecule has 0 saturated heterocycles. The van der Waals surface area contributed by atoms with Crippen molar-refractivity contribution in [2.75, 3.05) is 11.6 Å². The van der Waals surface area contributed by atoms with Gasteiger partial charge in [-0.3, -0.25) is 5.10 Å². The summed E-state index contributed by atoms with van der Waals surface area (Å²) in [5.74, 6) is -0.664. The van der Waals surface area contributed by atoms with Gasteiger partial charge in [0.2, 0.25) is 0 Å². The lowest BCUT2D eigenvalue weighted by atomic mass is 10.2. The second-order valence-electron chi connectivity index (χ2n) is 3.73. The number of nitrogens with zero attached hydrogens (tertiary/aromatic N) is 1. The highest BCUT2D eigenvalue weighted by atomic mass is 32.2.